The van der Waals surface area contributed by atoms with Crippen LogP contribution in [0.1, 0.15) is 51.4 Å². The Labute approximate surface area is 186 Å². The number of rotatable bonds is 8. The normalized spacial score (nSPS) is 32.3. The van der Waals surface area contributed by atoms with Crippen LogP contribution >= 0.6 is 0 Å². The summed E-state index contributed by atoms with van der Waals surface area (Å²) < 4.78 is 5.46. The number of carbonyl (C=O) groups excluding carboxylic acids is 1. The van der Waals surface area contributed by atoms with Gasteiger partial charge in [-0.1, -0.05) is 0 Å². The molecule has 0 spiro atoms. The first kappa shape index (κ1) is 21.0. The van der Waals surface area contributed by atoms with Crippen LogP contribution in [0.3, 0.4) is 0 Å². The minimum absolute atomic E-state index is 0.00237. The summed E-state index contributed by atoms with van der Waals surface area (Å²) in [5, 5.41) is 3.33. The van der Waals surface area contributed by atoms with Gasteiger partial charge in [-0.05, 0) is 87.8 Å². The fraction of sp³-hybridized carbons (Fsp3) is 0.760. The van der Waals surface area contributed by atoms with Crippen molar-refractivity contribution in [2.75, 3.05) is 51.3 Å². The van der Waals surface area contributed by atoms with Gasteiger partial charge in [0.15, 0.2) is 11.6 Å². The van der Waals surface area contributed by atoms with E-state index in [1.807, 2.05) is 18.3 Å². The standard InChI is InChI=1S/C25H38N4O2/c1-31-22-5-4-7-26-23(22)29-11-9-28(10-12-29)8-3-2-6-27-24(30)25-16-19-13-20(17-25)15-21(14-19)18-25/h4-5,7,19-21H,2-3,6,8-18H2,1H3,(H,27,30). The molecule has 4 aliphatic carbocycles. The van der Waals surface area contributed by atoms with Crippen molar-refractivity contribution in [3.05, 3.63) is 18.3 Å². The highest BCUT2D eigenvalue weighted by molar-refractivity contribution is 5.83. The molecule has 0 aromatic carbocycles. The molecule has 1 saturated heterocycles. The van der Waals surface area contributed by atoms with Crippen LogP contribution in [0.15, 0.2) is 18.3 Å². The van der Waals surface area contributed by atoms with Crippen molar-refractivity contribution >= 4 is 11.7 Å². The maximum Gasteiger partial charge on any atom is 0.226 e. The zero-order valence-corrected chi connectivity index (χ0v) is 19.0. The Morgan fingerprint density at radius 3 is 2.42 bits per heavy atom. The molecule has 0 radical (unpaired) electrons. The molecule has 1 aromatic rings. The Morgan fingerprint density at radius 1 is 1.10 bits per heavy atom. The van der Waals surface area contributed by atoms with Crippen LogP contribution in [0, 0.1) is 23.2 Å². The molecule has 1 amide bonds. The molecule has 0 unspecified atom stereocenters. The number of pyridine rings is 1. The first-order chi connectivity index (χ1) is 15.1. The van der Waals surface area contributed by atoms with Crippen molar-refractivity contribution in [2.24, 2.45) is 23.2 Å². The van der Waals surface area contributed by atoms with E-state index in [9.17, 15) is 4.79 Å². The van der Waals surface area contributed by atoms with E-state index < -0.39 is 0 Å². The third-order valence-corrected chi connectivity index (χ3v) is 8.35. The second kappa shape index (κ2) is 8.97. The van der Waals surface area contributed by atoms with Gasteiger partial charge >= 0.3 is 0 Å². The number of amides is 1. The molecule has 6 rings (SSSR count). The molecule has 0 atom stereocenters. The number of piperazine rings is 1. The van der Waals surface area contributed by atoms with Crippen molar-refractivity contribution in [1.82, 2.24) is 15.2 Å². The lowest BCUT2D eigenvalue weighted by Gasteiger charge is -2.55. The first-order valence-electron chi connectivity index (χ1n) is 12.4. The quantitative estimate of drug-likeness (QED) is 0.646. The Hall–Kier alpha value is -1.82. The molecule has 1 aromatic heterocycles. The van der Waals surface area contributed by atoms with Gasteiger partial charge in [0, 0.05) is 44.3 Å². The summed E-state index contributed by atoms with van der Waals surface area (Å²) in [7, 11) is 1.71. The lowest BCUT2D eigenvalue weighted by molar-refractivity contribution is -0.146. The molecule has 31 heavy (non-hydrogen) atoms. The molecule has 170 valence electrons. The number of hydrogen-bond donors (Lipinski definition) is 1. The van der Waals surface area contributed by atoms with Crippen LogP contribution in [0.25, 0.3) is 0 Å². The Kier molecular flexibility index (Phi) is 6.09. The summed E-state index contributed by atoms with van der Waals surface area (Å²) >= 11 is 0. The van der Waals surface area contributed by atoms with Gasteiger partial charge in [-0.25, -0.2) is 4.98 Å². The number of methoxy groups -OCH3 is 1. The predicted octanol–water partition coefficient (Wildman–Crippen LogP) is 3.33. The van der Waals surface area contributed by atoms with Crippen molar-refractivity contribution in [1.29, 1.82) is 0 Å². The summed E-state index contributed by atoms with van der Waals surface area (Å²) in [5.74, 6) is 4.69. The van der Waals surface area contributed by atoms with E-state index in [1.165, 1.54) is 19.3 Å². The van der Waals surface area contributed by atoms with Crippen LogP contribution in [-0.4, -0.2) is 62.2 Å². The van der Waals surface area contributed by atoms with Gasteiger partial charge in [-0.2, -0.15) is 0 Å². The van der Waals surface area contributed by atoms with Gasteiger partial charge in [-0.15, -0.1) is 0 Å². The van der Waals surface area contributed by atoms with Crippen molar-refractivity contribution in [2.45, 2.75) is 51.4 Å². The monoisotopic (exact) mass is 426 g/mol. The minimum Gasteiger partial charge on any atom is -0.493 e. The van der Waals surface area contributed by atoms with Crippen molar-refractivity contribution in [3.8, 4) is 5.75 Å². The van der Waals surface area contributed by atoms with E-state index in [0.717, 1.165) is 101 Å². The highest BCUT2D eigenvalue weighted by atomic mass is 16.5. The zero-order chi connectivity index (χ0) is 21.3. The molecule has 1 aliphatic heterocycles. The van der Waals surface area contributed by atoms with Gasteiger partial charge in [0.2, 0.25) is 5.91 Å². The number of anilines is 1. The average Bonchev–Trinajstić information content (AvgIpc) is 2.78. The second-order valence-corrected chi connectivity index (χ2v) is 10.5. The minimum atomic E-state index is -0.00237. The van der Waals surface area contributed by atoms with Gasteiger partial charge in [0.25, 0.3) is 0 Å². The topological polar surface area (TPSA) is 57.7 Å². The molecule has 2 heterocycles. The predicted molar refractivity (Wildman–Crippen MR) is 122 cm³/mol. The molecular formula is C25H38N4O2. The van der Waals surface area contributed by atoms with Crippen LogP contribution < -0.4 is 15.0 Å². The SMILES string of the molecule is COc1cccnc1N1CCN(CCCCNC(=O)C23CC4CC(CC(C4)C2)C3)CC1. The first-order valence-corrected chi connectivity index (χ1v) is 12.4. The fourth-order valence-electron chi connectivity index (χ4n) is 7.20. The summed E-state index contributed by atoms with van der Waals surface area (Å²) in [6, 6.07) is 3.90. The van der Waals surface area contributed by atoms with E-state index in [0.29, 0.717) is 5.91 Å². The number of nitrogens with zero attached hydrogens (tertiary/aromatic N) is 3. The van der Waals surface area contributed by atoms with Crippen LogP contribution in [0.5, 0.6) is 5.75 Å². The molecular weight excluding hydrogens is 388 g/mol. The summed E-state index contributed by atoms with van der Waals surface area (Å²) in [4.78, 5) is 22.4. The van der Waals surface area contributed by atoms with E-state index in [-0.39, 0.29) is 5.41 Å². The maximum absolute atomic E-state index is 13.0. The fourth-order valence-corrected chi connectivity index (χ4v) is 7.20. The highest BCUT2D eigenvalue weighted by Crippen LogP contribution is 2.60. The van der Waals surface area contributed by atoms with Gasteiger partial charge in [-0.3, -0.25) is 9.69 Å². The number of unbranched alkanes of at least 4 members (excludes halogenated alkanes) is 1. The molecule has 5 fully saturated rings. The Bertz CT molecular complexity index is 739. The molecule has 4 bridgehead atoms. The maximum atomic E-state index is 13.0. The lowest BCUT2D eigenvalue weighted by Crippen LogP contribution is -2.53. The van der Waals surface area contributed by atoms with E-state index >= 15 is 0 Å². The molecule has 6 heteroatoms. The average molecular weight is 427 g/mol. The van der Waals surface area contributed by atoms with Crippen LogP contribution in [0.4, 0.5) is 5.82 Å². The zero-order valence-electron chi connectivity index (χ0n) is 19.0. The van der Waals surface area contributed by atoms with Gasteiger partial charge < -0.3 is 15.0 Å². The molecule has 5 aliphatic rings. The third kappa shape index (κ3) is 4.41. The summed E-state index contributed by atoms with van der Waals surface area (Å²) in [6.07, 6.45) is 11.7. The third-order valence-electron chi connectivity index (χ3n) is 8.35. The number of carbonyl (C=O) groups is 1. The molecule has 4 saturated carbocycles. The molecule has 6 nitrogen and oxygen atoms in total. The summed E-state index contributed by atoms with van der Waals surface area (Å²) in [6.45, 7) is 6.02. The smallest absolute Gasteiger partial charge is 0.226 e. The van der Waals surface area contributed by atoms with E-state index in [4.69, 9.17) is 4.74 Å². The number of nitrogens with one attached hydrogen (secondary N) is 1. The number of ether oxygens (including phenoxy) is 1. The van der Waals surface area contributed by atoms with Crippen molar-refractivity contribution < 1.29 is 9.53 Å². The Morgan fingerprint density at radius 2 is 1.77 bits per heavy atom. The summed E-state index contributed by atoms with van der Waals surface area (Å²) in [5.41, 5.74) is -0.00237. The van der Waals surface area contributed by atoms with Crippen LogP contribution in [-0.2, 0) is 4.79 Å². The van der Waals surface area contributed by atoms with Crippen molar-refractivity contribution in [3.63, 3.8) is 0 Å². The van der Waals surface area contributed by atoms with E-state index in [2.05, 4.69) is 20.1 Å². The largest absolute Gasteiger partial charge is 0.493 e. The molecule has 1 N–H and O–H groups in total. The number of aromatic nitrogens is 1. The van der Waals surface area contributed by atoms with E-state index in [1.54, 1.807) is 7.11 Å². The van der Waals surface area contributed by atoms with Gasteiger partial charge in [0.05, 0.1) is 7.11 Å². The highest BCUT2D eigenvalue weighted by Gasteiger charge is 2.54. The van der Waals surface area contributed by atoms with Gasteiger partial charge in [0.1, 0.15) is 0 Å². The lowest BCUT2D eigenvalue weighted by atomic mass is 9.49. The number of hydrogen-bond acceptors (Lipinski definition) is 5. The Balaban J connectivity index is 1.00. The van der Waals surface area contributed by atoms with Crippen LogP contribution in [0.2, 0.25) is 0 Å². The second-order valence-electron chi connectivity index (χ2n) is 10.5.